The molecule has 0 aromatic heterocycles. The highest BCUT2D eigenvalue weighted by atomic mass is 32.1. The standard InChI is InChI=1S/C3H9N3OS/c4-3(7)2(1-8)6-5/h2,6,8H,1,5H2,(H2,4,7). The second-order valence-electron chi connectivity index (χ2n) is 1.30. The van der Waals surface area contributed by atoms with Crippen LogP contribution in [0.1, 0.15) is 0 Å². The fourth-order valence-corrected chi connectivity index (χ4v) is 0.510. The van der Waals surface area contributed by atoms with Crippen LogP contribution in [0.15, 0.2) is 0 Å². The summed E-state index contributed by atoms with van der Waals surface area (Å²) >= 11 is 3.79. The zero-order valence-corrected chi connectivity index (χ0v) is 5.19. The van der Waals surface area contributed by atoms with Gasteiger partial charge in [-0.3, -0.25) is 10.6 Å². The van der Waals surface area contributed by atoms with Crippen molar-refractivity contribution in [1.29, 1.82) is 0 Å². The summed E-state index contributed by atoms with van der Waals surface area (Å²) in [6, 6.07) is -0.515. The van der Waals surface area contributed by atoms with Gasteiger partial charge in [0.1, 0.15) is 6.04 Å². The summed E-state index contributed by atoms with van der Waals surface area (Å²) in [6.07, 6.45) is 0. The Labute approximate surface area is 53.0 Å². The Morgan fingerprint density at radius 3 is 2.38 bits per heavy atom. The summed E-state index contributed by atoms with van der Waals surface area (Å²) in [5.74, 6) is 4.73. The molecule has 4 nitrogen and oxygen atoms in total. The molecular weight excluding hydrogens is 126 g/mol. The zero-order chi connectivity index (χ0) is 6.57. The van der Waals surface area contributed by atoms with Gasteiger partial charge < -0.3 is 5.73 Å². The molecule has 0 saturated carbocycles. The van der Waals surface area contributed by atoms with Crippen molar-refractivity contribution in [3.8, 4) is 0 Å². The summed E-state index contributed by atoms with van der Waals surface area (Å²) in [5, 5.41) is 0. The van der Waals surface area contributed by atoms with E-state index in [-0.39, 0.29) is 0 Å². The van der Waals surface area contributed by atoms with Gasteiger partial charge >= 0.3 is 0 Å². The highest BCUT2D eigenvalue weighted by Gasteiger charge is 2.08. The van der Waals surface area contributed by atoms with E-state index < -0.39 is 11.9 Å². The van der Waals surface area contributed by atoms with Gasteiger partial charge in [0.15, 0.2) is 0 Å². The maximum absolute atomic E-state index is 10.2. The number of primary amides is 1. The van der Waals surface area contributed by atoms with Crippen LogP contribution in [0.3, 0.4) is 0 Å². The van der Waals surface area contributed by atoms with E-state index in [4.69, 9.17) is 11.6 Å². The molecule has 1 atom stereocenters. The molecule has 0 heterocycles. The third kappa shape index (κ3) is 2.15. The maximum atomic E-state index is 10.2. The lowest BCUT2D eigenvalue weighted by Gasteiger charge is -2.05. The number of rotatable bonds is 3. The van der Waals surface area contributed by atoms with Gasteiger partial charge in [-0.2, -0.15) is 12.6 Å². The normalized spacial score (nSPS) is 13.2. The van der Waals surface area contributed by atoms with Crippen molar-refractivity contribution in [2.75, 3.05) is 5.75 Å². The average Bonchev–Trinajstić information content (AvgIpc) is 1.69. The first-order chi connectivity index (χ1) is 3.72. The van der Waals surface area contributed by atoms with E-state index in [2.05, 4.69) is 18.1 Å². The molecule has 0 bridgehead atoms. The minimum Gasteiger partial charge on any atom is -0.368 e. The van der Waals surface area contributed by atoms with Gasteiger partial charge in [0.2, 0.25) is 5.91 Å². The van der Waals surface area contributed by atoms with Crippen molar-refractivity contribution >= 4 is 18.5 Å². The first-order valence-corrected chi connectivity index (χ1v) is 2.72. The molecule has 0 aliphatic carbocycles. The Hall–Kier alpha value is -0.260. The molecule has 0 fully saturated rings. The van der Waals surface area contributed by atoms with E-state index in [9.17, 15) is 4.79 Å². The Kier molecular flexibility index (Phi) is 3.59. The molecule has 0 aliphatic heterocycles. The lowest BCUT2D eigenvalue weighted by molar-refractivity contribution is -0.119. The van der Waals surface area contributed by atoms with Crippen molar-refractivity contribution in [2.45, 2.75) is 6.04 Å². The molecule has 0 aromatic rings. The highest BCUT2D eigenvalue weighted by molar-refractivity contribution is 7.80. The number of nitrogens with two attached hydrogens (primary N) is 2. The SMILES string of the molecule is NNC(CS)C(N)=O. The molecule has 5 heteroatoms. The molecule has 0 rings (SSSR count). The van der Waals surface area contributed by atoms with Gasteiger partial charge in [0.25, 0.3) is 0 Å². The van der Waals surface area contributed by atoms with Gasteiger partial charge in [-0.1, -0.05) is 0 Å². The van der Waals surface area contributed by atoms with Crippen LogP contribution in [-0.4, -0.2) is 17.7 Å². The lowest BCUT2D eigenvalue weighted by atomic mass is 10.3. The quantitative estimate of drug-likeness (QED) is 0.210. The predicted octanol–water partition coefficient (Wildman–Crippen LogP) is -1.77. The third-order valence-corrected chi connectivity index (χ3v) is 1.09. The summed E-state index contributed by atoms with van der Waals surface area (Å²) in [4.78, 5) is 10.2. The van der Waals surface area contributed by atoms with Gasteiger partial charge in [-0.05, 0) is 0 Å². The van der Waals surface area contributed by atoms with Crippen LogP contribution in [-0.2, 0) is 4.79 Å². The topological polar surface area (TPSA) is 81.1 Å². The van der Waals surface area contributed by atoms with Crippen LogP contribution >= 0.6 is 12.6 Å². The first kappa shape index (κ1) is 7.74. The van der Waals surface area contributed by atoms with E-state index >= 15 is 0 Å². The number of carbonyl (C=O) groups is 1. The van der Waals surface area contributed by atoms with Crippen LogP contribution in [0.2, 0.25) is 0 Å². The number of hydrogen-bond acceptors (Lipinski definition) is 4. The lowest BCUT2D eigenvalue weighted by Crippen LogP contribution is -2.46. The number of nitrogens with one attached hydrogen (secondary N) is 1. The van der Waals surface area contributed by atoms with Crippen molar-refractivity contribution in [1.82, 2.24) is 5.43 Å². The molecule has 48 valence electrons. The zero-order valence-electron chi connectivity index (χ0n) is 4.29. The minimum absolute atomic E-state index is 0.325. The van der Waals surface area contributed by atoms with Crippen LogP contribution in [0, 0.1) is 0 Å². The van der Waals surface area contributed by atoms with Crippen molar-refractivity contribution in [3.63, 3.8) is 0 Å². The summed E-state index contributed by atoms with van der Waals surface area (Å²) in [6.45, 7) is 0. The maximum Gasteiger partial charge on any atom is 0.236 e. The molecule has 0 aromatic carbocycles. The van der Waals surface area contributed by atoms with Crippen LogP contribution in [0.4, 0.5) is 0 Å². The van der Waals surface area contributed by atoms with Crippen LogP contribution in [0.25, 0.3) is 0 Å². The minimum atomic E-state index is -0.515. The van der Waals surface area contributed by atoms with E-state index in [1.54, 1.807) is 0 Å². The Bertz CT molecular complexity index is 82.6. The largest absolute Gasteiger partial charge is 0.368 e. The molecule has 0 radical (unpaired) electrons. The number of amides is 1. The molecule has 0 spiro atoms. The second kappa shape index (κ2) is 3.71. The molecular formula is C3H9N3OS. The smallest absolute Gasteiger partial charge is 0.236 e. The van der Waals surface area contributed by atoms with Crippen molar-refractivity contribution < 1.29 is 4.79 Å². The Morgan fingerprint density at radius 2 is 2.38 bits per heavy atom. The fraction of sp³-hybridized carbons (Fsp3) is 0.667. The molecule has 0 saturated heterocycles. The predicted molar refractivity (Wildman–Crippen MR) is 34.2 cm³/mol. The number of hydrogen-bond donors (Lipinski definition) is 4. The molecule has 1 unspecified atom stereocenters. The number of hydrazine groups is 1. The summed E-state index contributed by atoms with van der Waals surface area (Å²) < 4.78 is 0. The van der Waals surface area contributed by atoms with E-state index in [1.807, 2.05) is 0 Å². The molecule has 8 heavy (non-hydrogen) atoms. The van der Waals surface area contributed by atoms with Crippen LogP contribution in [0.5, 0.6) is 0 Å². The van der Waals surface area contributed by atoms with Crippen LogP contribution < -0.4 is 17.0 Å². The first-order valence-electron chi connectivity index (χ1n) is 2.08. The molecule has 5 N–H and O–H groups in total. The van der Waals surface area contributed by atoms with Crippen molar-refractivity contribution in [3.05, 3.63) is 0 Å². The summed E-state index contributed by atoms with van der Waals surface area (Å²) in [5.41, 5.74) is 7.03. The van der Waals surface area contributed by atoms with E-state index in [0.29, 0.717) is 5.75 Å². The second-order valence-corrected chi connectivity index (χ2v) is 1.67. The molecule has 0 aliphatic rings. The monoisotopic (exact) mass is 135 g/mol. The van der Waals surface area contributed by atoms with E-state index in [1.165, 1.54) is 0 Å². The van der Waals surface area contributed by atoms with Gasteiger partial charge in [-0.15, -0.1) is 0 Å². The number of thiol groups is 1. The fourth-order valence-electron chi connectivity index (χ4n) is 0.225. The average molecular weight is 135 g/mol. The third-order valence-electron chi connectivity index (χ3n) is 0.727. The van der Waals surface area contributed by atoms with Crippen molar-refractivity contribution in [2.24, 2.45) is 11.6 Å². The summed E-state index contributed by atoms with van der Waals surface area (Å²) in [7, 11) is 0. The molecule has 1 amide bonds. The highest BCUT2D eigenvalue weighted by Crippen LogP contribution is 1.81. The Balaban J connectivity index is 3.52. The van der Waals surface area contributed by atoms with Gasteiger partial charge in [0.05, 0.1) is 0 Å². The van der Waals surface area contributed by atoms with Gasteiger partial charge in [0, 0.05) is 5.75 Å². The van der Waals surface area contributed by atoms with E-state index in [0.717, 1.165) is 0 Å². The number of carbonyl (C=O) groups excluding carboxylic acids is 1. The van der Waals surface area contributed by atoms with Gasteiger partial charge in [-0.25, -0.2) is 5.43 Å². The Morgan fingerprint density at radius 1 is 1.88 bits per heavy atom.